The summed E-state index contributed by atoms with van der Waals surface area (Å²) in [4.78, 5) is 16.2. The van der Waals surface area contributed by atoms with Crippen LogP contribution in [0.25, 0.3) is 0 Å². The first-order chi connectivity index (χ1) is 10.3. The number of hydrogen-bond donors (Lipinski definition) is 1. The summed E-state index contributed by atoms with van der Waals surface area (Å²) in [7, 11) is 0. The van der Waals surface area contributed by atoms with E-state index in [1.165, 1.54) is 18.4 Å². The van der Waals surface area contributed by atoms with E-state index in [0.29, 0.717) is 5.92 Å². The Labute approximate surface area is 126 Å². The Morgan fingerprint density at radius 1 is 1.24 bits per heavy atom. The van der Waals surface area contributed by atoms with Crippen LogP contribution in [0.1, 0.15) is 24.8 Å². The van der Waals surface area contributed by atoms with Crippen molar-refractivity contribution in [3.63, 3.8) is 0 Å². The molecule has 1 aliphatic carbocycles. The average Bonchev–Trinajstić information content (AvgIpc) is 3.26. The summed E-state index contributed by atoms with van der Waals surface area (Å²) >= 11 is 0. The molecule has 1 atom stereocenters. The Kier molecular flexibility index (Phi) is 4.56. The van der Waals surface area contributed by atoms with Gasteiger partial charge >= 0.3 is 0 Å². The molecule has 1 aromatic carbocycles. The number of nitrogens with zero attached hydrogens (tertiary/aromatic N) is 2. The molecular formula is C17H25N3O. The fraction of sp³-hybridized carbons (Fsp3) is 0.588. The molecule has 1 saturated carbocycles. The molecule has 1 amide bonds. The number of hydrogen-bond acceptors (Lipinski definition) is 3. The van der Waals surface area contributed by atoms with Crippen LogP contribution in [0.15, 0.2) is 30.3 Å². The molecule has 21 heavy (non-hydrogen) atoms. The molecule has 114 valence electrons. The standard InChI is InChI=1S/C17H25N3O/c18-10-17(21)19-9-8-15(12-19)13-20(16-6-7-16)11-14-4-2-1-3-5-14/h1-5,15-16H,6-13,18H2. The molecule has 1 heterocycles. The van der Waals surface area contributed by atoms with E-state index in [1.807, 2.05) is 4.90 Å². The minimum atomic E-state index is 0.0959. The fourth-order valence-corrected chi connectivity index (χ4v) is 3.27. The van der Waals surface area contributed by atoms with Gasteiger partial charge in [-0.2, -0.15) is 0 Å². The van der Waals surface area contributed by atoms with E-state index in [0.717, 1.165) is 38.6 Å². The third kappa shape index (κ3) is 3.83. The molecule has 2 N–H and O–H groups in total. The fourth-order valence-electron chi connectivity index (χ4n) is 3.27. The third-order valence-corrected chi connectivity index (χ3v) is 4.60. The zero-order valence-corrected chi connectivity index (χ0v) is 12.6. The Morgan fingerprint density at radius 3 is 2.67 bits per heavy atom. The van der Waals surface area contributed by atoms with E-state index < -0.39 is 0 Å². The molecule has 0 radical (unpaired) electrons. The van der Waals surface area contributed by atoms with Gasteiger partial charge in [0.2, 0.25) is 5.91 Å². The van der Waals surface area contributed by atoms with Gasteiger partial charge in [0.15, 0.2) is 0 Å². The average molecular weight is 287 g/mol. The first-order valence-corrected chi connectivity index (χ1v) is 8.02. The van der Waals surface area contributed by atoms with Crippen LogP contribution in [-0.2, 0) is 11.3 Å². The predicted molar refractivity (Wildman–Crippen MR) is 83.6 cm³/mol. The molecule has 0 bridgehead atoms. The molecule has 4 heteroatoms. The molecule has 1 saturated heterocycles. The summed E-state index contributed by atoms with van der Waals surface area (Å²) in [6.07, 6.45) is 3.76. The van der Waals surface area contributed by atoms with E-state index in [2.05, 4.69) is 35.2 Å². The van der Waals surface area contributed by atoms with Crippen molar-refractivity contribution in [3.05, 3.63) is 35.9 Å². The highest BCUT2D eigenvalue weighted by atomic mass is 16.2. The lowest BCUT2D eigenvalue weighted by Gasteiger charge is -2.25. The van der Waals surface area contributed by atoms with Gasteiger partial charge in [-0.1, -0.05) is 30.3 Å². The molecule has 2 fully saturated rings. The lowest BCUT2D eigenvalue weighted by Crippen LogP contribution is -2.36. The minimum Gasteiger partial charge on any atom is -0.341 e. The van der Waals surface area contributed by atoms with Crippen LogP contribution in [0.4, 0.5) is 0 Å². The predicted octanol–water partition coefficient (Wildman–Crippen LogP) is 1.46. The monoisotopic (exact) mass is 287 g/mol. The largest absolute Gasteiger partial charge is 0.341 e. The number of nitrogens with two attached hydrogens (primary N) is 1. The SMILES string of the molecule is NCC(=O)N1CCC(CN(Cc2ccccc2)C2CC2)C1. The molecule has 1 aliphatic heterocycles. The van der Waals surface area contributed by atoms with Crippen LogP contribution in [-0.4, -0.2) is 47.9 Å². The lowest BCUT2D eigenvalue weighted by molar-refractivity contribution is -0.128. The zero-order valence-electron chi connectivity index (χ0n) is 12.6. The van der Waals surface area contributed by atoms with E-state index in [4.69, 9.17) is 5.73 Å². The van der Waals surface area contributed by atoms with Crippen LogP contribution in [0.5, 0.6) is 0 Å². The molecule has 2 aliphatic rings. The first kappa shape index (κ1) is 14.5. The molecule has 4 nitrogen and oxygen atoms in total. The molecular weight excluding hydrogens is 262 g/mol. The number of rotatable bonds is 6. The van der Waals surface area contributed by atoms with E-state index >= 15 is 0 Å². The molecule has 3 rings (SSSR count). The van der Waals surface area contributed by atoms with Gasteiger partial charge in [-0.3, -0.25) is 9.69 Å². The highest BCUT2D eigenvalue weighted by molar-refractivity contribution is 5.78. The summed E-state index contributed by atoms with van der Waals surface area (Å²) in [6.45, 7) is 4.04. The van der Waals surface area contributed by atoms with Crippen molar-refractivity contribution in [3.8, 4) is 0 Å². The Bertz CT molecular complexity index is 472. The smallest absolute Gasteiger partial charge is 0.236 e. The van der Waals surface area contributed by atoms with Crippen molar-refractivity contribution in [2.75, 3.05) is 26.2 Å². The second-order valence-electron chi connectivity index (χ2n) is 6.34. The maximum atomic E-state index is 11.7. The highest BCUT2D eigenvalue weighted by Crippen LogP contribution is 2.30. The van der Waals surface area contributed by atoms with Gasteiger partial charge in [-0.25, -0.2) is 0 Å². The van der Waals surface area contributed by atoms with Crippen molar-refractivity contribution in [2.24, 2.45) is 11.7 Å². The second kappa shape index (κ2) is 6.58. The van der Waals surface area contributed by atoms with Gasteiger partial charge in [-0.05, 0) is 30.7 Å². The summed E-state index contributed by atoms with van der Waals surface area (Å²) in [6, 6.07) is 11.4. The summed E-state index contributed by atoms with van der Waals surface area (Å²) in [5.41, 5.74) is 6.84. The van der Waals surface area contributed by atoms with Gasteiger partial charge in [0.1, 0.15) is 0 Å². The Hall–Kier alpha value is -1.39. The van der Waals surface area contributed by atoms with Gasteiger partial charge in [-0.15, -0.1) is 0 Å². The van der Waals surface area contributed by atoms with Crippen LogP contribution < -0.4 is 5.73 Å². The number of benzene rings is 1. The van der Waals surface area contributed by atoms with Gasteiger partial charge in [0.25, 0.3) is 0 Å². The van der Waals surface area contributed by atoms with E-state index in [1.54, 1.807) is 0 Å². The van der Waals surface area contributed by atoms with Crippen molar-refractivity contribution in [2.45, 2.75) is 31.8 Å². The van der Waals surface area contributed by atoms with E-state index in [-0.39, 0.29) is 12.5 Å². The van der Waals surface area contributed by atoms with Gasteiger partial charge < -0.3 is 10.6 Å². The third-order valence-electron chi connectivity index (χ3n) is 4.60. The number of carbonyl (C=O) groups is 1. The number of likely N-dealkylation sites (tertiary alicyclic amines) is 1. The van der Waals surface area contributed by atoms with Gasteiger partial charge in [0.05, 0.1) is 6.54 Å². The zero-order chi connectivity index (χ0) is 14.7. The molecule has 1 aromatic rings. The normalized spacial score (nSPS) is 22.0. The maximum Gasteiger partial charge on any atom is 0.236 e. The van der Waals surface area contributed by atoms with Crippen LogP contribution in [0, 0.1) is 5.92 Å². The maximum absolute atomic E-state index is 11.7. The molecule has 1 unspecified atom stereocenters. The second-order valence-corrected chi connectivity index (χ2v) is 6.34. The topological polar surface area (TPSA) is 49.6 Å². The van der Waals surface area contributed by atoms with E-state index in [9.17, 15) is 4.79 Å². The summed E-state index contributed by atoms with van der Waals surface area (Å²) < 4.78 is 0. The summed E-state index contributed by atoms with van der Waals surface area (Å²) in [5, 5.41) is 0. The van der Waals surface area contributed by atoms with Crippen LogP contribution >= 0.6 is 0 Å². The molecule has 0 aromatic heterocycles. The lowest BCUT2D eigenvalue weighted by atomic mass is 10.1. The van der Waals surface area contributed by atoms with Crippen molar-refractivity contribution >= 4 is 5.91 Å². The van der Waals surface area contributed by atoms with Crippen LogP contribution in [0.2, 0.25) is 0 Å². The molecule has 0 spiro atoms. The Balaban J connectivity index is 1.55. The van der Waals surface area contributed by atoms with Crippen molar-refractivity contribution in [1.29, 1.82) is 0 Å². The van der Waals surface area contributed by atoms with Crippen LogP contribution in [0.3, 0.4) is 0 Å². The van der Waals surface area contributed by atoms with Gasteiger partial charge in [0, 0.05) is 32.2 Å². The number of amides is 1. The highest BCUT2D eigenvalue weighted by Gasteiger charge is 2.33. The van der Waals surface area contributed by atoms with Crippen molar-refractivity contribution < 1.29 is 4.79 Å². The quantitative estimate of drug-likeness (QED) is 0.862. The summed E-state index contributed by atoms with van der Waals surface area (Å²) in [5.74, 6) is 0.698. The Morgan fingerprint density at radius 2 is 2.00 bits per heavy atom. The number of carbonyl (C=O) groups excluding carboxylic acids is 1. The minimum absolute atomic E-state index is 0.0959. The first-order valence-electron chi connectivity index (χ1n) is 8.02. The van der Waals surface area contributed by atoms with Crippen molar-refractivity contribution in [1.82, 2.24) is 9.80 Å².